The van der Waals surface area contributed by atoms with Gasteiger partial charge in [-0.1, -0.05) is 0 Å². The van der Waals surface area contributed by atoms with Crippen molar-refractivity contribution in [3.63, 3.8) is 0 Å². The van der Waals surface area contributed by atoms with Crippen molar-refractivity contribution >= 4 is 15.9 Å². The van der Waals surface area contributed by atoms with Crippen molar-refractivity contribution in [1.29, 1.82) is 0 Å². The van der Waals surface area contributed by atoms with Crippen molar-refractivity contribution < 1.29 is 14.6 Å². The summed E-state index contributed by atoms with van der Waals surface area (Å²) in [4.78, 5) is 0. The van der Waals surface area contributed by atoms with Crippen LogP contribution in [0.2, 0.25) is 0 Å². The second-order valence-corrected chi connectivity index (χ2v) is 4.52. The lowest BCUT2D eigenvalue weighted by molar-refractivity contribution is 0.267. The Morgan fingerprint density at radius 2 is 2.12 bits per heavy atom. The van der Waals surface area contributed by atoms with Gasteiger partial charge in [0.1, 0.15) is 0 Å². The van der Waals surface area contributed by atoms with Crippen LogP contribution in [0.5, 0.6) is 11.5 Å². The van der Waals surface area contributed by atoms with Gasteiger partial charge in [0.2, 0.25) is 0 Å². The van der Waals surface area contributed by atoms with E-state index in [2.05, 4.69) is 15.9 Å². The van der Waals surface area contributed by atoms with Crippen LogP contribution >= 0.6 is 15.9 Å². The number of fused-ring (bicyclic) bond motifs is 1. The van der Waals surface area contributed by atoms with Gasteiger partial charge >= 0.3 is 0 Å². The fourth-order valence-corrected chi connectivity index (χ4v) is 2.14. The average molecular weight is 288 g/mol. The predicted molar refractivity (Wildman–Crippen MR) is 63.8 cm³/mol. The van der Waals surface area contributed by atoms with E-state index < -0.39 is 6.04 Å². The summed E-state index contributed by atoms with van der Waals surface area (Å²) in [6.07, 6.45) is 0.864. The molecule has 1 aliphatic heterocycles. The summed E-state index contributed by atoms with van der Waals surface area (Å²) in [6, 6.07) is 3.29. The van der Waals surface area contributed by atoms with Crippen LogP contribution in [0, 0.1) is 0 Å². The first-order chi connectivity index (χ1) is 7.72. The van der Waals surface area contributed by atoms with Crippen LogP contribution in [-0.2, 0) is 0 Å². The molecule has 16 heavy (non-hydrogen) atoms. The molecule has 0 saturated heterocycles. The van der Waals surface area contributed by atoms with Crippen LogP contribution < -0.4 is 15.2 Å². The highest BCUT2D eigenvalue weighted by Gasteiger charge is 2.17. The van der Waals surface area contributed by atoms with Gasteiger partial charge in [0.15, 0.2) is 11.5 Å². The van der Waals surface area contributed by atoms with E-state index in [0.717, 1.165) is 16.5 Å². The highest BCUT2D eigenvalue weighted by molar-refractivity contribution is 9.10. The van der Waals surface area contributed by atoms with Gasteiger partial charge in [-0.25, -0.2) is 0 Å². The van der Waals surface area contributed by atoms with Gasteiger partial charge in [0.25, 0.3) is 0 Å². The van der Waals surface area contributed by atoms with Crippen molar-refractivity contribution in [3.8, 4) is 11.5 Å². The van der Waals surface area contributed by atoms with Crippen LogP contribution in [0.15, 0.2) is 16.6 Å². The van der Waals surface area contributed by atoms with E-state index in [9.17, 15) is 0 Å². The molecule has 0 amide bonds. The maximum Gasteiger partial charge on any atom is 0.175 e. The molecule has 1 heterocycles. The minimum absolute atomic E-state index is 0.0912. The third-order valence-corrected chi connectivity index (χ3v) is 3.04. The SMILES string of the molecule is NC(CO)c1cc(Br)c2c(c1)OCCCO2. The Kier molecular flexibility index (Phi) is 3.68. The third-order valence-electron chi connectivity index (χ3n) is 2.45. The summed E-state index contributed by atoms with van der Waals surface area (Å²) in [5.74, 6) is 1.40. The number of benzene rings is 1. The molecule has 1 atom stereocenters. The minimum Gasteiger partial charge on any atom is -0.490 e. The molecule has 3 N–H and O–H groups in total. The Bertz CT molecular complexity index is 384. The zero-order chi connectivity index (χ0) is 11.5. The van der Waals surface area contributed by atoms with Crippen LogP contribution in [0.25, 0.3) is 0 Å². The largest absolute Gasteiger partial charge is 0.490 e. The van der Waals surface area contributed by atoms with Crippen molar-refractivity contribution in [2.24, 2.45) is 5.73 Å². The molecule has 2 rings (SSSR count). The molecule has 4 nitrogen and oxygen atoms in total. The topological polar surface area (TPSA) is 64.7 Å². The van der Waals surface area contributed by atoms with Crippen LogP contribution in [-0.4, -0.2) is 24.9 Å². The lowest BCUT2D eigenvalue weighted by Gasteiger charge is -2.14. The average Bonchev–Trinajstić information content (AvgIpc) is 2.53. The first kappa shape index (κ1) is 11.7. The van der Waals surface area contributed by atoms with Crippen LogP contribution in [0.1, 0.15) is 18.0 Å². The van der Waals surface area contributed by atoms with Crippen molar-refractivity contribution in [2.45, 2.75) is 12.5 Å². The summed E-state index contributed by atoms with van der Waals surface area (Å²) in [5.41, 5.74) is 6.60. The summed E-state index contributed by atoms with van der Waals surface area (Å²) >= 11 is 3.42. The zero-order valence-electron chi connectivity index (χ0n) is 8.78. The van der Waals surface area contributed by atoms with E-state index in [4.69, 9.17) is 20.3 Å². The first-order valence-electron chi connectivity index (χ1n) is 5.18. The maximum atomic E-state index is 9.03. The molecule has 5 heteroatoms. The summed E-state index contributed by atoms with van der Waals surface area (Å²) in [6.45, 7) is 1.19. The molecule has 88 valence electrons. The number of aliphatic hydroxyl groups is 1. The van der Waals surface area contributed by atoms with E-state index >= 15 is 0 Å². The van der Waals surface area contributed by atoms with Crippen molar-refractivity contribution in [3.05, 3.63) is 22.2 Å². The highest BCUT2D eigenvalue weighted by atomic mass is 79.9. The molecule has 0 radical (unpaired) electrons. The standard InChI is InChI=1S/C11H14BrNO3/c12-8-4-7(9(13)6-14)5-10-11(8)16-3-1-2-15-10/h4-5,9,14H,1-3,6,13H2. The number of rotatable bonds is 2. The van der Waals surface area contributed by atoms with Crippen LogP contribution in [0.3, 0.4) is 0 Å². The molecule has 1 aliphatic rings. The second kappa shape index (κ2) is 5.03. The number of aliphatic hydroxyl groups excluding tert-OH is 1. The summed E-state index contributed by atoms with van der Waals surface area (Å²) in [7, 11) is 0. The number of nitrogens with two attached hydrogens (primary N) is 1. The molecule has 0 bridgehead atoms. The Labute approximate surface area is 102 Å². The fraction of sp³-hybridized carbons (Fsp3) is 0.455. The first-order valence-corrected chi connectivity index (χ1v) is 5.97. The minimum atomic E-state index is -0.395. The normalized spacial score (nSPS) is 16.7. The smallest absolute Gasteiger partial charge is 0.175 e. The van der Waals surface area contributed by atoms with Gasteiger partial charge in [0.05, 0.1) is 30.3 Å². The summed E-state index contributed by atoms with van der Waals surface area (Å²) in [5, 5.41) is 9.03. The molecular weight excluding hydrogens is 274 g/mol. The third kappa shape index (κ3) is 2.31. The van der Waals surface area contributed by atoms with Gasteiger partial charge in [-0.3, -0.25) is 0 Å². The monoisotopic (exact) mass is 287 g/mol. The van der Waals surface area contributed by atoms with Gasteiger partial charge in [-0.05, 0) is 33.6 Å². The summed E-state index contributed by atoms with van der Waals surface area (Å²) < 4.78 is 12.0. The Hall–Kier alpha value is -0.780. The highest BCUT2D eigenvalue weighted by Crippen LogP contribution is 2.39. The fourth-order valence-electron chi connectivity index (χ4n) is 1.57. The predicted octanol–water partition coefficient (Wildman–Crippen LogP) is 1.60. The molecule has 0 fully saturated rings. The molecule has 1 aromatic carbocycles. The molecular formula is C11H14BrNO3. The van der Waals surface area contributed by atoms with Crippen LogP contribution in [0.4, 0.5) is 0 Å². The zero-order valence-corrected chi connectivity index (χ0v) is 10.4. The van der Waals surface area contributed by atoms with Gasteiger partial charge < -0.3 is 20.3 Å². The molecule has 0 aromatic heterocycles. The Morgan fingerprint density at radius 3 is 2.88 bits per heavy atom. The second-order valence-electron chi connectivity index (χ2n) is 3.67. The molecule has 1 unspecified atom stereocenters. The maximum absolute atomic E-state index is 9.03. The number of halogens is 1. The van der Waals surface area contributed by atoms with Crippen molar-refractivity contribution in [2.75, 3.05) is 19.8 Å². The van der Waals surface area contributed by atoms with E-state index in [1.807, 2.05) is 12.1 Å². The van der Waals surface area contributed by atoms with Gasteiger partial charge in [-0.2, -0.15) is 0 Å². The lowest BCUT2D eigenvalue weighted by Crippen LogP contribution is -2.14. The van der Waals surface area contributed by atoms with Crippen molar-refractivity contribution in [1.82, 2.24) is 0 Å². The van der Waals surface area contributed by atoms with E-state index in [1.54, 1.807) is 0 Å². The number of ether oxygens (including phenoxy) is 2. The molecule has 0 spiro atoms. The molecule has 1 aromatic rings. The van der Waals surface area contributed by atoms with E-state index in [1.165, 1.54) is 0 Å². The van der Waals surface area contributed by atoms with E-state index in [-0.39, 0.29) is 6.61 Å². The Balaban J connectivity index is 2.39. The van der Waals surface area contributed by atoms with Gasteiger partial charge in [0, 0.05) is 6.42 Å². The number of hydrogen-bond acceptors (Lipinski definition) is 4. The quantitative estimate of drug-likeness (QED) is 0.867. The molecule has 0 saturated carbocycles. The Morgan fingerprint density at radius 1 is 1.38 bits per heavy atom. The van der Waals surface area contributed by atoms with Gasteiger partial charge in [-0.15, -0.1) is 0 Å². The molecule has 0 aliphatic carbocycles. The number of hydrogen-bond donors (Lipinski definition) is 2. The lowest BCUT2D eigenvalue weighted by atomic mass is 10.1. The van der Waals surface area contributed by atoms with E-state index in [0.29, 0.717) is 24.7 Å².